The van der Waals surface area contributed by atoms with Crippen molar-refractivity contribution in [3.63, 3.8) is 0 Å². The number of hydrogen-bond acceptors (Lipinski definition) is 3. The van der Waals surface area contributed by atoms with Crippen molar-refractivity contribution in [3.8, 4) is 0 Å². The summed E-state index contributed by atoms with van der Waals surface area (Å²) in [5.74, 6) is -0.191. The number of carbonyl (C=O) groups excluding carboxylic acids is 1. The maximum atomic E-state index is 12.4. The highest BCUT2D eigenvalue weighted by Gasteiger charge is 2.19. The van der Waals surface area contributed by atoms with Crippen LogP contribution in [0.3, 0.4) is 0 Å². The van der Waals surface area contributed by atoms with Gasteiger partial charge in [-0.25, -0.2) is 8.42 Å². The van der Waals surface area contributed by atoms with E-state index in [1.165, 1.54) is 10.6 Å². The maximum Gasteiger partial charge on any atom is 0.225 e. The summed E-state index contributed by atoms with van der Waals surface area (Å²) in [6.45, 7) is 8.28. The monoisotopic (exact) mass is 388 g/mol. The average molecular weight is 389 g/mol. The van der Waals surface area contributed by atoms with E-state index in [4.69, 9.17) is 0 Å². The number of carbonyl (C=O) groups is 1. The Morgan fingerprint density at radius 1 is 1.00 bits per heavy atom. The third-order valence-corrected chi connectivity index (χ3v) is 5.86. The molecule has 1 amide bonds. The Labute approximate surface area is 162 Å². The fraction of sp³-hybridized carbons (Fsp3) is 0.381. The van der Waals surface area contributed by atoms with Crippen molar-refractivity contribution in [3.05, 3.63) is 64.2 Å². The molecule has 0 aliphatic heterocycles. The summed E-state index contributed by atoms with van der Waals surface area (Å²) in [6.07, 6.45) is 1.28. The lowest BCUT2D eigenvalue weighted by Crippen LogP contribution is -2.33. The van der Waals surface area contributed by atoms with E-state index in [0.717, 1.165) is 33.5 Å². The van der Waals surface area contributed by atoms with Crippen LogP contribution in [0.15, 0.2) is 36.4 Å². The molecule has 0 atom stereocenters. The van der Waals surface area contributed by atoms with Crippen LogP contribution < -0.4 is 5.32 Å². The second-order valence-corrected chi connectivity index (χ2v) is 9.08. The molecule has 2 aromatic carbocycles. The molecular weight excluding hydrogens is 360 g/mol. The molecule has 0 saturated carbocycles. The molecule has 0 saturated heterocycles. The van der Waals surface area contributed by atoms with E-state index < -0.39 is 10.0 Å². The van der Waals surface area contributed by atoms with E-state index in [-0.39, 0.29) is 25.4 Å². The Balaban J connectivity index is 2.07. The number of benzene rings is 2. The van der Waals surface area contributed by atoms with Crippen LogP contribution in [-0.2, 0) is 21.4 Å². The number of hydrogen-bond donors (Lipinski definition) is 1. The van der Waals surface area contributed by atoms with Crippen molar-refractivity contribution in [1.29, 1.82) is 0 Å². The summed E-state index contributed by atoms with van der Waals surface area (Å²) >= 11 is 0. The molecule has 2 rings (SSSR count). The molecule has 6 heteroatoms. The quantitative estimate of drug-likeness (QED) is 0.786. The molecule has 0 unspecified atom stereocenters. The molecule has 27 heavy (non-hydrogen) atoms. The maximum absolute atomic E-state index is 12.4. The Hall–Kier alpha value is -2.18. The minimum absolute atomic E-state index is 0.103. The predicted octanol–water partition coefficient (Wildman–Crippen LogP) is 3.71. The zero-order chi connectivity index (χ0) is 20.2. The largest absolute Gasteiger partial charge is 0.326 e. The Morgan fingerprint density at radius 2 is 1.59 bits per heavy atom. The van der Waals surface area contributed by atoms with Gasteiger partial charge in [-0.05, 0) is 49.9 Å². The number of anilines is 1. The summed E-state index contributed by atoms with van der Waals surface area (Å²) in [7, 11) is -3.42. The van der Waals surface area contributed by atoms with Crippen molar-refractivity contribution < 1.29 is 13.2 Å². The molecular formula is C21H28N2O3S. The standard InChI is InChI=1S/C21H28N2O3S/c1-15-12-17(3)21(18(4)13-15)22-20(24)10-11-23(27(5,25)26)14-19-9-7-6-8-16(19)2/h6-9,12-13H,10-11,14H2,1-5H3,(H,22,24). The van der Waals surface area contributed by atoms with Crippen molar-refractivity contribution in [2.24, 2.45) is 0 Å². The molecule has 0 fully saturated rings. The molecule has 146 valence electrons. The zero-order valence-electron chi connectivity index (χ0n) is 16.7. The number of aryl methyl sites for hydroxylation is 4. The van der Waals surface area contributed by atoms with Crippen molar-refractivity contribution in [2.45, 2.75) is 40.7 Å². The summed E-state index contributed by atoms with van der Waals surface area (Å²) in [4.78, 5) is 12.4. The molecule has 0 aromatic heterocycles. The number of amides is 1. The fourth-order valence-corrected chi connectivity index (χ4v) is 3.94. The predicted molar refractivity (Wildman–Crippen MR) is 110 cm³/mol. The lowest BCUT2D eigenvalue weighted by atomic mass is 10.0. The Morgan fingerprint density at radius 3 is 2.15 bits per heavy atom. The first-order valence-corrected chi connectivity index (χ1v) is 10.8. The lowest BCUT2D eigenvalue weighted by Gasteiger charge is -2.21. The van der Waals surface area contributed by atoms with Gasteiger partial charge in [-0.3, -0.25) is 4.79 Å². The van der Waals surface area contributed by atoms with Gasteiger partial charge in [0.2, 0.25) is 15.9 Å². The molecule has 0 bridgehead atoms. The van der Waals surface area contributed by atoms with Crippen molar-refractivity contribution in [1.82, 2.24) is 4.31 Å². The minimum Gasteiger partial charge on any atom is -0.326 e. The average Bonchev–Trinajstić information content (AvgIpc) is 2.55. The van der Waals surface area contributed by atoms with Crippen LogP contribution in [0.5, 0.6) is 0 Å². The SMILES string of the molecule is Cc1cc(C)c(NC(=O)CCN(Cc2ccccc2C)S(C)(=O)=O)c(C)c1. The number of rotatable bonds is 7. The van der Waals surface area contributed by atoms with Gasteiger partial charge in [-0.15, -0.1) is 0 Å². The highest BCUT2D eigenvalue weighted by molar-refractivity contribution is 7.88. The Kier molecular flexibility index (Phi) is 6.78. The first-order chi connectivity index (χ1) is 12.6. The van der Waals surface area contributed by atoms with Crippen LogP contribution in [0.2, 0.25) is 0 Å². The van der Waals surface area contributed by atoms with Gasteiger partial charge in [-0.2, -0.15) is 4.31 Å². The molecule has 0 heterocycles. The first kappa shape index (κ1) is 21.1. The minimum atomic E-state index is -3.42. The first-order valence-electron chi connectivity index (χ1n) is 8.95. The number of sulfonamides is 1. The van der Waals surface area contributed by atoms with Gasteiger partial charge >= 0.3 is 0 Å². The molecule has 0 aliphatic carbocycles. The van der Waals surface area contributed by atoms with Gasteiger partial charge in [0.05, 0.1) is 6.26 Å². The second-order valence-electron chi connectivity index (χ2n) is 7.09. The van der Waals surface area contributed by atoms with E-state index >= 15 is 0 Å². The topological polar surface area (TPSA) is 66.5 Å². The van der Waals surface area contributed by atoms with Crippen LogP contribution in [0.1, 0.15) is 34.2 Å². The molecule has 0 spiro atoms. The summed E-state index contributed by atoms with van der Waals surface area (Å²) in [5, 5.41) is 2.93. The van der Waals surface area contributed by atoms with Gasteiger partial charge in [0.1, 0.15) is 0 Å². The Bertz CT molecular complexity index is 913. The molecule has 5 nitrogen and oxygen atoms in total. The van der Waals surface area contributed by atoms with Crippen molar-refractivity contribution >= 4 is 21.6 Å². The van der Waals surface area contributed by atoms with Crippen LogP contribution >= 0.6 is 0 Å². The van der Waals surface area contributed by atoms with Crippen LogP contribution in [-0.4, -0.2) is 31.4 Å². The molecule has 1 N–H and O–H groups in total. The van der Waals surface area contributed by atoms with E-state index in [2.05, 4.69) is 5.32 Å². The second kappa shape index (κ2) is 8.67. The number of nitrogens with one attached hydrogen (secondary N) is 1. The zero-order valence-corrected chi connectivity index (χ0v) is 17.5. The van der Waals surface area contributed by atoms with E-state index in [9.17, 15) is 13.2 Å². The fourth-order valence-electron chi connectivity index (χ4n) is 3.14. The lowest BCUT2D eigenvalue weighted by molar-refractivity contribution is -0.116. The third kappa shape index (κ3) is 5.91. The van der Waals surface area contributed by atoms with Crippen molar-refractivity contribution in [2.75, 3.05) is 18.1 Å². The van der Waals surface area contributed by atoms with Crippen LogP contribution in [0, 0.1) is 27.7 Å². The van der Waals surface area contributed by atoms with E-state index in [1.807, 2.05) is 64.1 Å². The summed E-state index contributed by atoms with van der Waals surface area (Å²) in [5.41, 5.74) is 5.91. The summed E-state index contributed by atoms with van der Waals surface area (Å²) in [6, 6.07) is 11.7. The highest BCUT2D eigenvalue weighted by atomic mass is 32.2. The number of nitrogens with zero attached hydrogens (tertiary/aromatic N) is 1. The summed E-state index contributed by atoms with van der Waals surface area (Å²) < 4.78 is 25.7. The van der Waals surface area contributed by atoms with E-state index in [0.29, 0.717) is 0 Å². The van der Waals surface area contributed by atoms with Gasteiger partial charge in [-0.1, -0.05) is 42.0 Å². The van der Waals surface area contributed by atoms with Gasteiger partial charge in [0.15, 0.2) is 0 Å². The van der Waals surface area contributed by atoms with Gasteiger partial charge in [0, 0.05) is 25.2 Å². The highest BCUT2D eigenvalue weighted by Crippen LogP contribution is 2.22. The molecule has 2 aromatic rings. The third-order valence-electron chi connectivity index (χ3n) is 4.61. The smallest absolute Gasteiger partial charge is 0.225 e. The molecule has 0 aliphatic rings. The van der Waals surface area contributed by atoms with Gasteiger partial charge < -0.3 is 5.32 Å². The molecule has 0 radical (unpaired) electrons. The van der Waals surface area contributed by atoms with E-state index in [1.54, 1.807) is 0 Å². The van der Waals surface area contributed by atoms with Gasteiger partial charge in [0.25, 0.3) is 0 Å². The normalized spacial score (nSPS) is 11.6. The van der Waals surface area contributed by atoms with Crippen LogP contribution in [0.25, 0.3) is 0 Å². The van der Waals surface area contributed by atoms with Crippen LogP contribution in [0.4, 0.5) is 5.69 Å².